The number of H-pyrrole nitrogens is 1. The minimum Gasteiger partial charge on any atom is -0.469 e. The maximum Gasteiger partial charge on any atom is 0.308 e. The summed E-state index contributed by atoms with van der Waals surface area (Å²) < 4.78 is 4.77. The molecule has 22 heavy (non-hydrogen) atoms. The van der Waals surface area contributed by atoms with Gasteiger partial charge in [-0.2, -0.15) is 0 Å². The standard InChI is InChI=1S/C17H20N2O3/c1-22-17(21)14-5-8-19(9-6-14)16(20)11-12-2-3-13-4-7-18-15(13)10-12/h2-4,7,10,14,18H,5-6,8-9,11H2,1H3. The van der Waals surface area contributed by atoms with Crippen LogP contribution in [0, 0.1) is 5.92 Å². The number of methoxy groups -OCH3 is 1. The summed E-state index contributed by atoms with van der Waals surface area (Å²) in [4.78, 5) is 28.9. The summed E-state index contributed by atoms with van der Waals surface area (Å²) in [5, 5.41) is 1.15. The zero-order chi connectivity index (χ0) is 15.5. The number of rotatable bonds is 3. The second-order valence-electron chi connectivity index (χ2n) is 5.75. The summed E-state index contributed by atoms with van der Waals surface area (Å²) in [6.07, 6.45) is 3.67. The number of esters is 1. The Balaban J connectivity index is 1.59. The first-order valence-electron chi connectivity index (χ1n) is 7.59. The van der Waals surface area contributed by atoms with Gasteiger partial charge in [0.05, 0.1) is 19.4 Å². The first kappa shape index (κ1) is 14.6. The molecule has 1 aromatic carbocycles. The first-order chi connectivity index (χ1) is 10.7. The molecule has 3 rings (SSSR count). The number of hydrogen-bond donors (Lipinski definition) is 1. The van der Waals surface area contributed by atoms with Crippen LogP contribution in [0.4, 0.5) is 0 Å². The van der Waals surface area contributed by atoms with Gasteiger partial charge in [0, 0.05) is 24.8 Å². The normalized spacial score (nSPS) is 16.0. The van der Waals surface area contributed by atoms with Gasteiger partial charge in [-0.25, -0.2) is 0 Å². The van der Waals surface area contributed by atoms with Crippen molar-refractivity contribution in [1.29, 1.82) is 0 Å². The van der Waals surface area contributed by atoms with Crippen molar-refractivity contribution in [2.45, 2.75) is 19.3 Å². The largest absolute Gasteiger partial charge is 0.469 e. The zero-order valence-corrected chi connectivity index (χ0v) is 12.7. The lowest BCUT2D eigenvalue weighted by molar-refractivity contribution is -0.148. The van der Waals surface area contributed by atoms with E-state index in [1.54, 1.807) is 0 Å². The quantitative estimate of drug-likeness (QED) is 0.883. The molecule has 5 heteroatoms. The van der Waals surface area contributed by atoms with Crippen LogP contribution in [0.3, 0.4) is 0 Å². The fourth-order valence-corrected chi connectivity index (χ4v) is 3.02. The van der Waals surface area contributed by atoms with Crippen LogP contribution in [-0.2, 0) is 20.7 Å². The number of piperidine rings is 1. The van der Waals surface area contributed by atoms with Gasteiger partial charge >= 0.3 is 5.97 Å². The minimum absolute atomic E-state index is 0.0654. The molecule has 0 radical (unpaired) electrons. The number of fused-ring (bicyclic) bond motifs is 1. The topological polar surface area (TPSA) is 62.4 Å². The van der Waals surface area contributed by atoms with Gasteiger partial charge in [0.15, 0.2) is 0 Å². The van der Waals surface area contributed by atoms with Gasteiger partial charge in [-0.15, -0.1) is 0 Å². The Hall–Kier alpha value is -2.30. The second-order valence-corrected chi connectivity index (χ2v) is 5.75. The third-order valence-corrected chi connectivity index (χ3v) is 4.36. The predicted octanol–water partition coefficient (Wildman–Crippen LogP) is 2.12. The Bertz CT molecular complexity index is 684. The molecule has 2 aromatic rings. The van der Waals surface area contributed by atoms with Gasteiger partial charge in [-0.1, -0.05) is 12.1 Å². The lowest BCUT2D eigenvalue weighted by Crippen LogP contribution is -2.41. The second kappa shape index (κ2) is 6.22. The van der Waals surface area contributed by atoms with Crippen LogP contribution in [0.2, 0.25) is 0 Å². The van der Waals surface area contributed by atoms with E-state index in [0.717, 1.165) is 16.5 Å². The number of likely N-dealkylation sites (tertiary alicyclic amines) is 1. The fourth-order valence-electron chi connectivity index (χ4n) is 3.02. The van der Waals surface area contributed by atoms with Gasteiger partial charge in [0.1, 0.15) is 0 Å². The van der Waals surface area contributed by atoms with Crippen LogP contribution in [0.15, 0.2) is 30.5 Å². The highest BCUT2D eigenvalue weighted by molar-refractivity contribution is 5.83. The number of ether oxygens (including phenoxy) is 1. The number of nitrogens with zero attached hydrogens (tertiary/aromatic N) is 1. The molecule has 116 valence electrons. The number of nitrogens with one attached hydrogen (secondary N) is 1. The molecule has 0 atom stereocenters. The molecule has 2 heterocycles. The predicted molar refractivity (Wildman–Crippen MR) is 83.3 cm³/mol. The number of amides is 1. The number of aromatic amines is 1. The molecule has 1 aromatic heterocycles. The van der Waals surface area contributed by atoms with Gasteiger partial charge in [0.2, 0.25) is 5.91 Å². The average molecular weight is 300 g/mol. The van der Waals surface area contributed by atoms with Crippen molar-refractivity contribution in [2.24, 2.45) is 5.92 Å². The number of hydrogen-bond acceptors (Lipinski definition) is 3. The maximum atomic E-state index is 12.4. The van der Waals surface area contributed by atoms with Gasteiger partial charge in [-0.05, 0) is 35.9 Å². The Morgan fingerprint density at radius 2 is 2.05 bits per heavy atom. The van der Waals surface area contributed by atoms with E-state index in [1.807, 2.05) is 35.4 Å². The Labute approximate surface area is 129 Å². The van der Waals surface area contributed by atoms with E-state index in [0.29, 0.717) is 32.4 Å². The summed E-state index contributed by atoms with van der Waals surface area (Å²) in [5.41, 5.74) is 2.06. The Morgan fingerprint density at radius 1 is 1.27 bits per heavy atom. The molecule has 0 bridgehead atoms. The third kappa shape index (κ3) is 2.98. The van der Waals surface area contributed by atoms with E-state index in [-0.39, 0.29) is 17.8 Å². The molecule has 1 aliphatic rings. The highest BCUT2D eigenvalue weighted by atomic mass is 16.5. The van der Waals surface area contributed by atoms with Gasteiger partial charge < -0.3 is 14.6 Å². The van der Waals surface area contributed by atoms with Gasteiger partial charge in [0.25, 0.3) is 0 Å². The van der Waals surface area contributed by atoms with Crippen molar-refractivity contribution in [2.75, 3.05) is 20.2 Å². The zero-order valence-electron chi connectivity index (χ0n) is 12.7. The molecular formula is C17H20N2O3. The van der Waals surface area contributed by atoms with Crippen molar-refractivity contribution >= 4 is 22.8 Å². The lowest BCUT2D eigenvalue weighted by Gasteiger charge is -2.30. The molecular weight excluding hydrogens is 280 g/mol. The fraction of sp³-hybridized carbons (Fsp3) is 0.412. The minimum atomic E-state index is -0.163. The molecule has 1 N–H and O–H groups in total. The van der Waals surface area contributed by atoms with E-state index in [4.69, 9.17) is 4.74 Å². The van der Waals surface area contributed by atoms with Gasteiger partial charge in [-0.3, -0.25) is 9.59 Å². The smallest absolute Gasteiger partial charge is 0.308 e. The third-order valence-electron chi connectivity index (χ3n) is 4.36. The van der Waals surface area contributed by atoms with E-state index in [2.05, 4.69) is 4.98 Å². The number of carbonyl (C=O) groups excluding carboxylic acids is 2. The average Bonchev–Trinajstić information content (AvgIpc) is 3.02. The molecule has 1 amide bonds. The van der Waals surface area contributed by atoms with Crippen molar-refractivity contribution in [1.82, 2.24) is 9.88 Å². The molecule has 0 aliphatic carbocycles. The molecule has 1 saturated heterocycles. The van der Waals surface area contributed by atoms with E-state index < -0.39 is 0 Å². The summed E-state index contributed by atoms with van der Waals surface area (Å²) >= 11 is 0. The summed E-state index contributed by atoms with van der Waals surface area (Å²) in [5.74, 6) is -0.108. The lowest BCUT2D eigenvalue weighted by atomic mass is 9.96. The highest BCUT2D eigenvalue weighted by Gasteiger charge is 2.27. The molecule has 1 fully saturated rings. The number of benzene rings is 1. The van der Waals surface area contributed by atoms with Crippen molar-refractivity contribution in [3.05, 3.63) is 36.0 Å². The van der Waals surface area contributed by atoms with Crippen LogP contribution in [-0.4, -0.2) is 42.0 Å². The Kier molecular flexibility index (Phi) is 4.13. The van der Waals surface area contributed by atoms with Crippen LogP contribution in [0.1, 0.15) is 18.4 Å². The van der Waals surface area contributed by atoms with Crippen molar-refractivity contribution in [3.63, 3.8) is 0 Å². The summed E-state index contributed by atoms with van der Waals surface area (Å²) in [7, 11) is 1.41. The highest BCUT2D eigenvalue weighted by Crippen LogP contribution is 2.20. The maximum absolute atomic E-state index is 12.4. The van der Waals surface area contributed by atoms with E-state index in [9.17, 15) is 9.59 Å². The van der Waals surface area contributed by atoms with E-state index in [1.165, 1.54) is 7.11 Å². The molecule has 0 spiro atoms. The monoisotopic (exact) mass is 300 g/mol. The molecule has 0 saturated carbocycles. The number of carbonyl (C=O) groups is 2. The van der Waals surface area contributed by atoms with E-state index >= 15 is 0 Å². The molecule has 5 nitrogen and oxygen atoms in total. The molecule has 0 unspecified atom stereocenters. The number of aromatic nitrogens is 1. The first-order valence-corrected chi connectivity index (χ1v) is 7.59. The van der Waals surface area contributed by atoms with Crippen LogP contribution < -0.4 is 0 Å². The summed E-state index contributed by atoms with van der Waals surface area (Å²) in [6, 6.07) is 8.06. The SMILES string of the molecule is COC(=O)C1CCN(C(=O)Cc2ccc3cc[nH]c3c2)CC1. The Morgan fingerprint density at radius 3 is 2.77 bits per heavy atom. The van der Waals surface area contributed by atoms with Crippen molar-refractivity contribution in [3.8, 4) is 0 Å². The summed E-state index contributed by atoms with van der Waals surface area (Å²) in [6.45, 7) is 1.26. The van der Waals surface area contributed by atoms with Crippen LogP contribution >= 0.6 is 0 Å². The molecule has 1 aliphatic heterocycles. The van der Waals surface area contributed by atoms with Crippen molar-refractivity contribution < 1.29 is 14.3 Å². The van der Waals surface area contributed by atoms with Crippen LogP contribution in [0.5, 0.6) is 0 Å². The van der Waals surface area contributed by atoms with Crippen LogP contribution in [0.25, 0.3) is 10.9 Å².